The van der Waals surface area contributed by atoms with Gasteiger partial charge in [0.15, 0.2) is 0 Å². The fourth-order valence-corrected chi connectivity index (χ4v) is 1.30. The lowest BCUT2D eigenvalue weighted by molar-refractivity contribution is -0.131. The highest BCUT2D eigenvalue weighted by Crippen LogP contribution is 2.01. The van der Waals surface area contributed by atoms with E-state index in [1.807, 2.05) is 6.92 Å². The molecule has 0 aliphatic carbocycles. The molecule has 0 aromatic heterocycles. The molecule has 0 rings (SSSR count). The summed E-state index contributed by atoms with van der Waals surface area (Å²) in [6.07, 6.45) is 2.26. The number of halogens is 1. The van der Waals surface area contributed by atoms with E-state index in [2.05, 4.69) is 0 Å². The van der Waals surface area contributed by atoms with Crippen molar-refractivity contribution < 1.29 is 9.90 Å². The third-order valence-corrected chi connectivity index (χ3v) is 2.15. The Kier molecular flexibility index (Phi) is 8.14. The molecule has 0 radical (unpaired) electrons. The quantitative estimate of drug-likeness (QED) is 0.504. The third-order valence-electron chi connectivity index (χ3n) is 1.88. The maximum Gasteiger partial charge on any atom is 0.222 e. The zero-order valence-electron chi connectivity index (χ0n) is 8.13. The summed E-state index contributed by atoms with van der Waals surface area (Å²) in [6.45, 7) is 3.06. The molecular weight excluding hydrogens is 190 g/mol. The van der Waals surface area contributed by atoms with Crippen LogP contribution in [0.5, 0.6) is 0 Å². The normalized spacial score (nSPS) is 10.1. The van der Waals surface area contributed by atoms with Crippen molar-refractivity contribution in [2.75, 3.05) is 25.6 Å². The fourth-order valence-electron chi connectivity index (χ4n) is 1.11. The van der Waals surface area contributed by atoms with Crippen LogP contribution in [0.3, 0.4) is 0 Å². The van der Waals surface area contributed by atoms with Crippen LogP contribution in [-0.2, 0) is 4.79 Å². The van der Waals surface area contributed by atoms with Crippen LogP contribution in [0, 0.1) is 0 Å². The Bertz CT molecular complexity index is 142. The van der Waals surface area contributed by atoms with Gasteiger partial charge >= 0.3 is 0 Å². The Balaban J connectivity index is 3.64. The van der Waals surface area contributed by atoms with Crippen molar-refractivity contribution in [1.82, 2.24) is 4.90 Å². The molecule has 0 bridgehead atoms. The lowest BCUT2D eigenvalue weighted by Crippen LogP contribution is -2.33. The Morgan fingerprint density at radius 3 is 2.62 bits per heavy atom. The van der Waals surface area contributed by atoms with Gasteiger partial charge < -0.3 is 10.0 Å². The minimum atomic E-state index is 0.0368. The Hall–Kier alpha value is -0.280. The molecule has 3 nitrogen and oxygen atoms in total. The molecular formula is C9H18ClNO2. The number of aliphatic hydroxyl groups excluding tert-OH is 1. The first-order valence-electron chi connectivity index (χ1n) is 4.70. The van der Waals surface area contributed by atoms with Crippen LogP contribution in [0.15, 0.2) is 0 Å². The van der Waals surface area contributed by atoms with Crippen molar-refractivity contribution in [1.29, 1.82) is 0 Å². The lowest BCUT2D eigenvalue weighted by Gasteiger charge is -2.19. The number of carbonyl (C=O) groups excluding carboxylic acids is 1. The molecule has 0 aliphatic heterocycles. The number of unbranched alkanes of at least 4 members (excludes halogenated alkanes) is 1. The molecule has 78 valence electrons. The van der Waals surface area contributed by atoms with E-state index in [9.17, 15) is 4.79 Å². The van der Waals surface area contributed by atoms with E-state index in [4.69, 9.17) is 16.7 Å². The van der Waals surface area contributed by atoms with Crippen LogP contribution in [0.1, 0.15) is 26.2 Å². The second-order valence-corrected chi connectivity index (χ2v) is 3.22. The van der Waals surface area contributed by atoms with Crippen molar-refractivity contribution in [2.45, 2.75) is 26.2 Å². The van der Waals surface area contributed by atoms with Gasteiger partial charge in [-0.15, -0.1) is 11.6 Å². The topological polar surface area (TPSA) is 40.5 Å². The van der Waals surface area contributed by atoms with Gasteiger partial charge in [0, 0.05) is 25.4 Å². The number of hydrogen-bond acceptors (Lipinski definition) is 2. The Morgan fingerprint density at radius 1 is 1.46 bits per heavy atom. The van der Waals surface area contributed by atoms with Gasteiger partial charge in [0.1, 0.15) is 0 Å². The van der Waals surface area contributed by atoms with Gasteiger partial charge in [-0.2, -0.15) is 0 Å². The largest absolute Gasteiger partial charge is 0.395 e. The molecule has 0 aromatic carbocycles. The zero-order valence-corrected chi connectivity index (χ0v) is 8.89. The smallest absolute Gasteiger partial charge is 0.222 e. The van der Waals surface area contributed by atoms with Gasteiger partial charge in [0.2, 0.25) is 5.91 Å². The highest BCUT2D eigenvalue weighted by Gasteiger charge is 2.09. The van der Waals surface area contributed by atoms with E-state index in [0.29, 0.717) is 25.4 Å². The number of carbonyl (C=O) groups is 1. The molecule has 0 aromatic rings. The summed E-state index contributed by atoms with van der Waals surface area (Å²) >= 11 is 5.49. The second kappa shape index (κ2) is 8.32. The van der Waals surface area contributed by atoms with E-state index in [-0.39, 0.29) is 12.5 Å². The summed E-state index contributed by atoms with van der Waals surface area (Å²) in [5.74, 6) is 0.723. The van der Waals surface area contributed by atoms with Gasteiger partial charge in [-0.05, 0) is 19.8 Å². The van der Waals surface area contributed by atoms with E-state index < -0.39 is 0 Å². The van der Waals surface area contributed by atoms with Crippen LogP contribution in [0.2, 0.25) is 0 Å². The van der Waals surface area contributed by atoms with Crippen molar-refractivity contribution in [3.63, 3.8) is 0 Å². The molecule has 0 heterocycles. The van der Waals surface area contributed by atoms with Crippen LogP contribution >= 0.6 is 11.6 Å². The highest BCUT2D eigenvalue weighted by atomic mass is 35.5. The average Bonchev–Trinajstić information content (AvgIpc) is 2.14. The molecule has 1 N–H and O–H groups in total. The number of amides is 1. The standard InChI is InChI=1S/C9H18ClNO2/c1-2-11(7-8-12)9(13)5-3-4-6-10/h12H,2-8H2,1H3. The van der Waals surface area contributed by atoms with Gasteiger partial charge in [-0.3, -0.25) is 4.79 Å². The number of rotatable bonds is 7. The van der Waals surface area contributed by atoms with Crippen LogP contribution in [0.25, 0.3) is 0 Å². The fraction of sp³-hybridized carbons (Fsp3) is 0.889. The SMILES string of the molecule is CCN(CCO)C(=O)CCCCCl. The Labute approximate surface area is 84.7 Å². The molecule has 0 spiro atoms. The van der Waals surface area contributed by atoms with Gasteiger partial charge in [0.25, 0.3) is 0 Å². The highest BCUT2D eigenvalue weighted by molar-refractivity contribution is 6.17. The molecule has 1 amide bonds. The van der Waals surface area contributed by atoms with Crippen molar-refractivity contribution in [3.8, 4) is 0 Å². The summed E-state index contributed by atoms with van der Waals surface area (Å²) in [6, 6.07) is 0. The molecule has 0 saturated carbocycles. The minimum Gasteiger partial charge on any atom is -0.395 e. The van der Waals surface area contributed by atoms with Crippen LogP contribution < -0.4 is 0 Å². The predicted octanol–water partition coefficient (Wildman–Crippen LogP) is 1.24. The summed E-state index contributed by atoms with van der Waals surface area (Å²) in [5.41, 5.74) is 0. The maximum atomic E-state index is 11.4. The predicted molar refractivity (Wildman–Crippen MR) is 53.9 cm³/mol. The molecule has 0 saturated heterocycles. The monoisotopic (exact) mass is 207 g/mol. The van der Waals surface area contributed by atoms with Gasteiger partial charge in [-0.25, -0.2) is 0 Å². The minimum absolute atomic E-state index is 0.0368. The lowest BCUT2D eigenvalue weighted by atomic mass is 10.2. The zero-order chi connectivity index (χ0) is 10.1. The van der Waals surface area contributed by atoms with Crippen molar-refractivity contribution >= 4 is 17.5 Å². The van der Waals surface area contributed by atoms with E-state index >= 15 is 0 Å². The molecule has 0 unspecified atom stereocenters. The summed E-state index contributed by atoms with van der Waals surface area (Å²) in [5, 5.41) is 8.67. The average molecular weight is 208 g/mol. The molecule has 4 heteroatoms. The second-order valence-electron chi connectivity index (χ2n) is 2.84. The number of likely N-dealkylation sites (N-methyl/N-ethyl adjacent to an activating group) is 1. The molecule has 0 aliphatic rings. The van der Waals surface area contributed by atoms with E-state index in [0.717, 1.165) is 12.8 Å². The van der Waals surface area contributed by atoms with Crippen LogP contribution in [-0.4, -0.2) is 41.5 Å². The molecule has 0 fully saturated rings. The number of aliphatic hydroxyl groups is 1. The first kappa shape index (κ1) is 12.7. The van der Waals surface area contributed by atoms with Gasteiger partial charge in [0.05, 0.1) is 6.61 Å². The molecule has 0 atom stereocenters. The summed E-state index contributed by atoms with van der Waals surface area (Å²) in [7, 11) is 0. The van der Waals surface area contributed by atoms with E-state index in [1.165, 1.54) is 0 Å². The van der Waals surface area contributed by atoms with Crippen molar-refractivity contribution in [2.24, 2.45) is 0 Å². The third kappa shape index (κ3) is 5.88. The summed E-state index contributed by atoms with van der Waals surface area (Å²) < 4.78 is 0. The van der Waals surface area contributed by atoms with Gasteiger partial charge in [-0.1, -0.05) is 0 Å². The van der Waals surface area contributed by atoms with E-state index in [1.54, 1.807) is 4.90 Å². The number of hydrogen-bond donors (Lipinski definition) is 1. The first-order valence-corrected chi connectivity index (χ1v) is 5.24. The van der Waals surface area contributed by atoms with Crippen molar-refractivity contribution in [3.05, 3.63) is 0 Å². The summed E-state index contributed by atoms with van der Waals surface area (Å²) in [4.78, 5) is 13.1. The number of alkyl halides is 1. The number of nitrogens with zero attached hydrogens (tertiary/aromatic N) is 1. The first-order chi connectivity index (χ1) is 6.26. The van der Waals surface area contributed by atoms with Crippen LogP contribution in [0.4, 0.5) is 0 Å². The maximum absolute atomic E-state index is 11.4. The molecule has 13 heavy (non-hydrogen) atoms. The Morgan fingerprint density at radius 2 is 2.15 bits per heavy atom.